The second-order valence-corrected chi connectivity index (χ2v) is 8.62. The smallest absolute Gasteiger partial charge is 0.207 e. The molecule has 1 heterocycles. The molecule has 0 N–H and O–H groups in total. The number of rotatable bonds is 2. The van der Waals surface area contributed by atoms with Gasteiger partial charge in [0.2, 0.25) is 10.0 Å². The van der Waals surface area contributed by atoms with Crippen LogP contribution in [0.5, 0.6) is 0 Å². The fourth-order valence-corrected chi connectivity index (χ4v) is 4.28. The summed E-state index contributed by atoms with van der Waals surface area (Å²) in [7, 11) is -3.43. The Balaban J connectivity index is 2.13. The SMILES string of the molecule is CC(C)(C)C1CCN(S(=O)(=O)c2ccc(C#N)cc2)CC1. The minimum atomic E-state index is -3.43. The highest BCUT2D eigenvalue weighted by atomic mass is 32.2. The van der Waals surface area contributed by atoms with E-state index in [1.165, 1.54) is 12.1 Å². The zero-order chi connectivity index (χ0) is 15.7. The Morgan fingerprint density at radius 3 is 2.10 bits per heavy atom. The number of nitrogens with zero attached hydrogens (tertiary/aromatic N) is 2. The molecule has 21 heavy (non-hydrogen) atoms. The molecule has 1 aromatic carbocycles. The van der Waals surface area contributed by atoms with Crippen LogP contribution in [-0.2, 0) is 10.0 Å². The molecule has 4 nitrogen and oxygen atoms in total. The van der Waals surface area contributed by atoms with Crippen LogP contribution in [0.3, 0.4) is 0 Å². The predicted molar refractivity (Wildman–Crippen MR) is 82.1 cm³/mol. The fourth-order valence-electron chi connectivity index (χ4n) is 2.81. The lowest BCUT2D eigenvalue weighted by Crippen LogP contribution is -2.41. The summed E-state index contributed by atoms with van der Waals surface area (Å²) >= 11 is 0. The lowest BCUT2D eigenvalue weighted by atomic mass is 9.76. The van der Waals surface area contributed by atoms with Crippen molar-refractivity contribution in [3.8, 4) is 6.07 Å². The molecule has 1 saturated heterocycles. The molecule has 0 saturated carbocycles. The monoisotopic (exact) mass is 306 g/mol. The van der Waals surface area contributed by atoms with Crippen molar-refractivity contribution in [1.82, 2.24) is 4.31 Å². The number of nitriles is 1. The first-order valence-electron chi connectivity index (χ1n) is 7.25. The average molecular weight is 306 g/mol. The zero-order valence-corrected chi connectivity index (χ0v) is 13.7. The minimum absolute atomic E-state index is 0.226. The van der Waals surface area contributed by atoms with Crippen molar-refractivity contribution in [1.29, 1.82) is 5.26 Å². The van der Waals surface area contributed by atoms with E-state index in [0.717, 1.165) is 12.8 Å². The first-order chi connectivity index (χ1) is 9.75. The van der Waals surface area contributed by atoms with E-state index in [0.29, 0.717) is 24.6 Å². The molecule has 1 fully saturated rings. The van der Waals surface area contributed by atoms with Crippen LogP contribution in [0.1, 0.15) is 39.2 Å². The van der Waals surface area contributed by atoms with Gasteiger partial charge in [0.25, 0.3) is 0 Å². The van der Waals surface area contributed by atoms with Crippen LogP contribution in [0, 0.1) is 22.7 Å². The Kier molecular flexibility index (Phi) is 4.40. The third-order valence-corrected chi connectivity index (χ3v) is 6.21. The van der Waals surface area contributed by atoms with Gasteiger partial charge in [0.05, 0.1) is 16.5 Å². The zero-order valence-electron chi connectivity index (χ0n) is 12.8. The van der Waals surface area contributed by atoms with E-state index in [1.807, 2.05) is 6.07 Å². The highest BCUT2D eigenvalue weighted by Gasteiger charge is 2.33. The normalized spacial score (nSPS) is 18.4. The molecule has 1 aromatic rings. The van der Waals surface area contributed by atoms with E-state index in [1.54, 1.807) is 16.4 Å². The van der Waals surface area contributed by atoms with Crippen molar-refractivity contribution in [3.63, 3.8) is 0 Å². The van der Waals surface area contributed by atoms with Crippen molar-refractivity contribution in [2.24, 2.45) is 11.3 Å². The van der Waals surface area contributed by atoms with Gasteiger partial charge < -0.3 is 0 Å². The third-order valence-electron chi connectivity index (χ3n) is 4.30. The first-order valence-corrected chi connectivity index (χ1v) is 8.69. The molecule has 1 aliphatic heterocycles. The first kappa shape index (κ1) is 16.0. The Bertz CT molecular complexity index is 628. The number of hydrogen-bond donors (Lipinski definition) is 0. The molecule has 5 heteroatoms. The van der Waals surface area contributed by atoms with Crippen molar-refractivity contribution in [3.05, 3.63) is 29.8 Å². The summed E-state index contributed by atoms with van der Waals surface area (Å²) in [6, 6.07) is 8.14. The molecule has 0 aliphatic carbocycles. The molecule has 0 aromatic heterocycles. The lowest BCUT2D eigenvalue weighted by molar-refractivity contribution is 0.154. The Morgan fingerprint density at radius 2 is 1.67 bits per heavy atom. The Labute approximate surface area is 127 Å². The van der Waals surface area contributed by atoms with Crippen LogP contribution < -0.4 is 0 Å². The fraction of sp³-hybridized carbons (Fsp3) is 0.562. The summed E-state index contributed by atoms with van der Waals surface area (Å²) in [5.74, 6) is 0.560. The van der Waals surface area contributed by atoms with Crippen molar-refractivity contribution < 1.29 is 8.42 Å². The quantitative estimate of drug-likeness (QED) is 0.844. The molecule has 0 bridgehead atoms. The van der Waals surface area contributed by atoms with E-state index >= 15 is 0 Å². The van der Waals surface area contributed by atoms with Crippen LogP contribution in [0.4, 0.5) is 0 Å². The molecule has 0 atom stereocenters. The van der Waals surface area contributed by atoms with E-state index in [9.17, 15) is 8.42 Å². The number of sulfonamides is 1. The number of hydrogen-bond acceptors (Lipinski definition) is 3. The average Bonchev–Trinajstić information content (AvgIpc) is 2.46. The Hall–Kier alpha value is -1.38. The van der Waals surface area contributed by atoms with Crippen LogP contribution in [-0.4, -0.2) is 25.8 Å². The lowest BCUT2D eigenvalue weighted by Gasteiger charge is -2.38. The van der Waals surface area contributed by atoms with Gasteiger partial charge in [-0.2, -0.15) is 9.57 Å². The van der Waals surface area contributed by atoms with E-state index in [2.05, 4.69) is 20.8 Å². The summed E-state index contributed by atoms with van der Waals surface area (Å²) in [6.07, 6.45) is 1.80. The molecule has 2 rings (SSSR count). The van der Waals surface area contributed by atoms with Crippen LogP contribution in [0.15, 0.2) is 29.2 Å². The predicted octanol–water partition coefficient (Wildman–Crippen LogP) is 3.01. The minimum Gasteiger partial charge on any atom is -0.207 e. The van der Waals surface area contributed by atoms with Gasteiger partial charge in [-0.05, 0) is 48.4 Å². The maximum Gasteiger partial charge on any atom is 0.243 e. The van der Waals surface area contributed by atoms with Crippen molar-refractivity contribution in [2.45, 2.75) is 38.5 Å². The van der Waals surface area contributed by atoms with Gasteiger partial charge in [0.15, 0.2) is 0 Å². The van der Waals surface area contributed by atoms with Crippen molar-refractivity contribution in [2.75, 3.05) is 13.1 Å². The topological polar surface area (TPSA) is 61.2 Å². The molecule has 0 amide bonds. The van der Waals surface area contributed by atoms with E-state index in [4.69, 9.17) is 5.26 Å². The van der Waals surface area contributed by atoms with E-state index in [-0.39, 0.29) is 10.3 Å². The highest BCUT2D eigenvalue weighted by Crippen LogP contribution is 2.35. The molecule has 0 unspecified atom stereocenters. The number of benzene rings is 1. The molecule has 1 aliphatic rings. The summed E-state index contributed by atoms with van der Waals surface area (Å²) in [5.41, 5.74) is 0.699. The maximum absolute atomic E-state index is 12.6. The van der Waals surface area contributed by atoms with Gasteiger partial charge in [0, 0.05) is 13.1 Å². The summed E-state index contributed by atoms with van der Waals surface area (Å²) in [6.45, 7) is 7.78. The Morgan fingerprint density at radius 1 is 1.14 bits per heavy atom. The van der Waals surface area contributed by atoms with Crippen LogP contribution in [0.2, 0.25) is 0 Å². The van der Waals surface area contributed by atoms with Gasteiger partial charge in [-0.15, -0.1) is 0 Å². The van der Waals surface area contributed by atoms with E-state index < -0.39 is 10.0 Å². The molecule has 114 valence electrons. The maximum atomic E-state index is 12.6. The summed E-state index contributed by atoms with van der Waals surface area (Å²) in [4.78, 5) is 0.274. The highest BCUT2D eigenvalue weighted by molar-refractivity contribution is 7.89. The van der Waals surface area contributed by atoms with Gasteiger partial charge in [-0.1, -0.05) is 20.8 Å². The van der Waals surface area contributed by atoms with Crippen LogP contribution in [0.25, 0.3) is 0 Å². The van der Waals surface area contributed by atoms with Crippen molar-refractivity contribution >= 4 is 10.0 Å². The molecular weight excluding hydrogens is 284 g/mol. The van der Waals surface area contributed by atoms with Gasteiger partial charge >= 0.3 is 0 Å². The summed E-state index contributed by atoms with van der Waals surface area (Å²) < 4.78 is 26.7. The molecule has 0 radical (unpaired) electrons. The van der Waals surface area contributed by atoms with Gasteiger partial charge in [0.1, 0.15) is 0 Å². The largest absolute Gasteiger partial charge is 0.243 e. The molecular formula is C16H22N2O2S. The second-order valence-electron chi connectivity index (χ2n) is 6.68. The van der Waals surface area contributed by atoms with Gasteiger partial charge in [-0.25, -0.2) is 8.42 Å². The summed E-state index contributed by atoms with van der Waals surface area (Å²) in [5, 5.41) is 8.78. The third kappa shape index (κ3) is 3.45. The second kappa shape index (κ2) is 5.78. The van der Waals surface area contributed by atoms with Crippen LogP contribution >= 0.6 is 0 Å². The number of piperidine rings is 1. The standard InChI is InChI=1S/C16H22N2O2S/c1-16(2,3)14-8-10-18(11-9-14)21(19,20)15-6-4-13(12-17)5-7-15/h4-7,14H,8-11H2,1-3H3. The molecule has 0 spiro atoms. The van der Waals surface area contributed by atoms with Gasteiger partial charge in [-0.3, -0.25) is 0 Å².